The molecule has 0 unspecified atom stereocenters. The second kappa shape index (κ2) is 2.89. The molecular formula is C6H6NO3S. The molecule has 0 spiro atoms. The number of hydrogen-bond acceptors (Lipinski definition) is 3. The zero-order valence-corrected chi connectivity index (χ0v) is 6.34. The van der Waals surface area contributed by atoms with Crippen LogP contribution in [0.3, 0.4) is 0 Å². The molecule has 0 saturated heterocycles. The molecular weight excluding hydrogens is 166 g/mol. The maximum atomic E-state index is 10.2. The minimum absolute atomic E-state index is 0.155. The quantitative estimate of drug-likeness (QED) is 0.655. The van der Waals surface area contributed by atoms with Crippen molar-refractivity contribution >= 4 is 10.3 Å². The Labute approximate surface area is 64.9 Å². The molecule has 1 N–H and O–H groups in total. The Morgan fingerprint density at radius 2 is 1.73 bits per heavy atom. The summed E-state index contributed by atoms with van der Waals surface area (Å²) in [6, 6.07) is 7.91. The number of nitrogens with one attached hydrogen (secondary N) is 1. The summed E-state index contributed by atoms with van der Waals surface area (Å²) in [6.45, 7) is 0. The third-order valence-electron chi connectivity index (χ3n) is 0.949. The van der Waals surface area contributed by atoms with Gasteiger partial charge in [-0.25, -0.2) is 0 Å². The van der Waals surface area contributed by atoms with Crippen LogP contribution < -0.4 is 9.32 Å². The third-order valence-corrected chi connectivity index (χ3v) is 1.36. The Balaban J connectivity index is 2.82. The number of rotatable bonds is 2. The maximum Gasteiger partial charge on any atom is 0.396 e. The summed E-state index contributed by atoms with van der Waals surface area (Å²) in [5.74, 6) is 0.155. The van der Waals surface area contributed by atoms with Crippen LogP contribution in [-0.2, 0) is 10.3 Å². The molecule has 0 amide bonds. The number of hydrogen-bond donors (Lipinski definition) is 0. The predicted octanol–water partition coefficient (Wildman–Crippen LogP) is 0.593. The lowest BCUT2D eigenvalue weighted by atomic mass is 10.3. The molecule has 1 radical (unpaired) electrons. The van der Waals surface area contributed by atoms with Gasteiger partial charge in [-0.2, -0.15) is 8.42 Å². The number of para-hydroxylation sites is 1. The van der Waals surface area contributed by atoms with Crippen LogP contribution in [0.2, 0.25) is 0 Å². The van der Waals surface area contributed by atoms with Gasteiger partial charge in [0.15, 0.2) is 0 Å². The van der Waals surface area contributed by atoms with Crippen LogP contribution in [0.1, 0.15) is 0 Å². The zero-order valence-electron chi connectivity index (χ0n) is 5.52. The van der Waals surface area contributed by atoms with Crippen molar-refractivity contribution in [3.63, 3.8) is 0 Å². The van der Waals surface area contributed by atoms with Gasteiger partial charge in [-0.05, 0) is 12.1 Å². The van der Waals surface area contributed by atoms with Crippen LogP contribution in [0.5, 0.6) is 5.75 Å². The zero-order chi connectivity index (χ0) is 8.32. The molecule has 0 aliphatic rings. The van der Waals surface area contributed by atoms with Gasteiger partial charge in [0.25, 0.3) is 0 Å². The fourth-order valence-corrected chi connectivity index (χ4v) is 0.967. The van der Waals surface area contributed by atoms with Crippen molar-refractivity contribution < 1.29 is 12.6 Å². The summed E-state index contributed by atoms with van der Waals surface area (Å²) in [5.41, 5.74) is 0. The van der Waals surface area contributed by atoms with E-state index < -0.39 is 10.3 Å². The summed E-state index contributed by atoms with van der Waals surface area (Å²) < 4.78 is 24.7. The van der Waals surface area contributed by atoms with Gasteiger partial charge in [0, 0.05) is 0 Å². The lowest BCUT2D eigenvalue weighted by Crippen LogP contribution is -2.08. The molecule has 4 nitrogen and oxygen atoms in total. The van der Waals surface area contributed by atoms with Gasteiger partial charge < -0.3 is 4.18 Å². The van der Waals surface area contributed by atoms with Gasteiger partial charge in [-0.15, -0.1) is 5.14 Å². The standard InChI is InChI=1S/C6H6NO3S/c7-11(8,9)10-6-4-2-1-3-5-6/h1-5,7H. The molecule has 0 aliphatic carbocycles. The Kier molecular flexibility index (Phi) is 2.11. The van der Waals surface area contributed by atoms with E-state index in [1.165, 1.54) is 12.1 Å². The van der Waals surface area contributed by atoms with E-state index in [9.17, 15) is 8.42 Å². The second-order valence-corrected chi connectivity index (χ2v) is 2.93. The third kappa shape index (κ3) is 3.01. The highest BCUT2D eigenvalue weighted by atomic mass is 32.2. The first-order chi connectivity index (χ1) is 5.08. The van der Waals surface area contributed by atoms with E-state index in [4.69, 9.17) is 5.14 Å². The first kappa shape index (κ1) is 8.03. The Hall–Kier alpha value is -1.07. The van der Waals surface area contributed by atoms with Crippen LogP contribution in [-0.4, -0.2) is 8.42 Å². The Morgan fingerprint density at radius 1 is 1.18 bits per heavy atom. The average molecular weight is 172 g/mol. The molecule has 0 aromatic heterocycles. The van der Waals surface area contributed by atoms with Crippen LogP contribution >= 0.6 is 0 Å². The summed E-state index contributed by atoms with van der Waals surface area (Å²) >= 11 is 0. The van der Waals surface area contributed by atoms with E-state index in [0.29, 0.717) is 0 Å². The largest absolute Gasteiger partial charge is 0.396 e. The summed E-state index contributed by atoms with van der Waals surface area (Å²) in [4.78, 5) is 0. The Bertz CT molecular complexity index is 319. The topological polar surface area (TPSA) is 67.2 Å². The van der Waals surface area contributed by atoms with E-state index >= 15 is 0 Å². The molecule has 0 aliphatic heterocycles. The van der Waals surface area contributed by atoms with Crippen LogP contribution in [0, 0.1) is 0 Å². The monoisotopic (exact) mass is 172 g/mol. The lowest BCUT2D eigenvalue weighted by molar-refractivity contribution is 0.486. The normalized spacial score (nSPS) is 11.0. The van der Waals surface area contributed by atoms with E-state index in [1.54, 1.807) is 18.2 Å². The van der Waals surface area contributed by atoms with Crippen molar-refractivity contribution in [1.29, 1.82) is 0 Å². The highest BCUT2D eigenvalue weighted by Gasteiger charge is 2.03. The molecule has 0 saturated carbocycles. The molecule has 0 bridgehead atoms. The fraction of sp³-hybridized carbons (Fsp3) is 0. The Morgan fingerprint density at radius 3 is 2.18 bits per heavy atom. The van der Waals surface area contributed by atoms with Crippen molar-refractivity contribution in [1.82, 2.24) is 5.14 Å². The molecule has 0 atom stereocenters. The average Bonchev–Trinajstić information content (AvgIpc) is 1.85. The highest BCUT2D eigenvalue weighted by Crippen LogP contribution is 2.09. The SMILES string of the molecule is [NH]S(=O)(=O)Oc1ccccc1. The maximum absolute atomic E-state index is 10.2. The summed E-state index contributed by atoms with van der Waals surface area (Å²) in [7, 11) is -4.13. The minimum atomic E-state index is -4.13. The van der Waals surface area contributed by atoms with Gasteiger partial charge in [-0.1, -0.05) is 18.2 Å². The van der Waals surface area contributed by atoms with Gasteiger partial charge in [0.2, 0.25) is 0 Å². The van der Waals surface area contributed by atoms with E-state index in [0.717, 1.165) is 0 Å². The summed E-state index contributed by atoms with van der Waals surface area (Å²) in [5, 5.41) is 6.42. The predicted molar refractivity (Wildman–Crippen MR) is 39.1 cm³/mol. The summed E-state index contributed by atoms with van der Waals surface area (Å²) in [6.07, 6.45) is 0. The first-order valence-electron chi connectivity index (χ1n) is 2.82. The molecule has 5 heteroatoms. The van der Waals surface area contributed by atoms with Crippen molar-refractivity contribution in [2.45, 2.75) is 0 Å². The van der Waals surface area contributed by atoms with Crippen molar-refractivity contribution in [3.8, 4) is 5.75 Å². The van der Waals surface area contributed by atoms with E-state index in [-0.39, 0.29) is 5.75 Å². The molecule has 0 fully saturated rings. The van der Waals surface area contributed by atoms with Crippen molar-refractivity contribution in [3.05, 3.63) is 30.3 Å². The minimum Gasteiger partial charge on any atom is -0.370 e. The lowest BCUT2D eigenvalue weighted by Gasteiger charge is -1.98. The van der Waals surface area contributed by atoms with E-state index in [1.807, 2.05) is 0 Å². The first-order valence-corrected chi connectivity index (χ1v) is 4.23. The number of benzene rings is 1. The molecule has 1 rings (SSSR count). The van der Waals surface area contributed by atoms with Gasteiger partial charge >= 0.3 is 10.3 Å². The van der Waals surface area contributed by atoms with Crippen molar-refractivity contribution in [2.75, 3.05) is 0 Å². The van der Waals surface area contributed by atoms with E-state index in [2.05, 4.69) is 4.18 Å². The van der Waals surface area contributed by atoms with Gasteiger partial charge in [0.1, 0.15) is 5.75 Å². The molecule has 1 aromatic rings. The molecule has 11 heavy (non-hydrogen) atoms. The van der Waals surface area contributed by atoms with Gasteiger partial charge in [-0.3, -0.25) is 0 Å². The second-order valence-electron chi connectivity index (χ2n) is 1.85. The van der Waals surface area contributed by atoms with Gasteiger partial charge in [0.05, 0.1) is 0 Å². The molecule has 1 aromatic carbocycles. The van der Waals surface area contributed by atoms with Crippen LogP contribution in [0.25, 0.3) is 0 Å². The molecule has 59 valence electrons. The molecule has 0 heterocycles. The highest BCUT2D eigenvalue weighted by molar-refractivity contribution is 7.84. The van der Waals surface area contributed by atoms with Crippen LogP contribution in [0.4, 0.5) is 0 Å². The van der Waals surface area contributed by atoms with Crippen molar-refractivity contribution in [2.24, 2.45) is 0 Å². The fourth-order valence-electron chi connectivity index (χ4n) is 0.603. The van der Waals surface area contributed by atoms with Crippen LogP contribution in [0.15, 0.2) is 30.3 Å². The smallest absolute Gasteiger partial charge is 0.370 e.